The quantitative estimate of drug-likeness (QED) is 0.787. The van der Waals surface area contributed by atoms with Gasteiger partial charge in [0.15, 0.2) is 5.78 Å². The van der Waals surface area contributed by atoms with Crippen LogP contribution in [-0.4, -0.2) is 10.8 Å². The third kappa shape index (κ3) is 1.60. The second-order valence-electron chi connectivity index (χ2n) is 3.47. The number of halogens is 2. The summed E-state index contributed by atoms with van der Waals surface area (Å²) in [5.41, 5.74) is 2.49. The Morgan fingerprint density at radius 2 is 2.13 bits per heavy atom. The Labute approximate surface area is 101 Å². The van der Waals surface area contributed by atoms with Crippen LogP contribution in [0.2, 0.25) is 5.02 Å². The number of aromatic nitrogens is 1. The molecule has 1 aromatic carbocycles. The molecule has 0 spiro atoms. The van der Waals surface area contributed by atoms with Gasteiger partial charge in [-0.3, -0.25) is 4.79 Å². The lowest BCUT2D eigenvalue weighted by atomic mass is 10.1. The van der Waals surface area contributed by atoms with E-state index in [4.69, 9.17) is 11.6 Å². The Bertz CT molecular complexity index is 559. The first-order valence-electron chi connectivity index (χ1n) is 4.49. The molecule has 0 bridgehead atoms. The second-order valence-corrected chi connectivity index (χ2v) is 4.67. The maximum atomic E-state index is 11.4. The average molecular weight is 287 g/mol. The number of nitrogens with one attached hydrogen (secondary N) is 1. The fraction of sp³-hybridized carbons (Fsp3) is 0.182. The van der Waals surface area contributed by atoms with Crippen molar-refractivity contribution in [3.8, 4) is 0 Å². The van der Waals surface area contributed by atoms with Crippen molar-refractivity contribution in [3.63, 3.8) is 0 Å². The molecule has 1 N–H and O–H groups in total. The number of carbonyl (C=O) groups excluding carboxylic acids is 1. The summed E-state index contributed by atoms with van der Waals surface area (Å²) in [6.07, 6.45) is 0. The number of fused-ring (bicyclic) bond motifs is 1. The van der Waals surface area contributed by atoms with Crippen LogP contribution in [0.1, 0.15) is 23.0 Å². The number of hydrogen-bond donors (Lipinski definition) is 1. The molecule has 0 saturated heterocycles. The Morgan fingerprint density at radius 3 is 2.73 bits per heavy atom. The van der Waals surface area contributed by atoms with Gasteiger partial charge in [0.2, 0.25) is 0 Å². The molecule has 4 heteroatoms. The molecule has 78 valence electrons. The lowest BCUT2D eigenvalue weighted by Crippen LogP contribution is -1.93. The van der Waals surface area contributed by atoms with Gasteiger partial charge in [-0.1, -0.05) is 17.7 Å². The highest BCUT2D eigenvalue weighted by Gasteiger charge is 2.14. The largest absolute Gasteiger partial charge is 0.351 e. The van der Waals surface area contributed by atoms with E-state index in [1.165, 1.54) is 0 Å². The summed E-state index contributed by atoms with van der Waals surface area (Å²) in [5, 5.41) is 1.66. The van der Waals surface area contributed by atoms with E-state index in [2.05, 4.69) is 20.9 Å². The van der Waals surface area contributed by atoms with Gasteiger partial charge in [0, 0.05) is 12.3 Å². The number of hydrogen-bond acceptors (Lipinski definition) is 1. The number of aromatic amines is 1. The summed E-state index contributed by atoms with van der Waals surface area (Å²) in [4.78, 5) is 14.4. The van der Waals surface area contributed by atoms with Crippen LogP contribution in [0.3, 0.4) is 0 Å². The molecule has 15 heavy (non-hydrogen) atoms. The van der Waals surface area contributed by atoms with Gasteiger partial charge >= 0.3 is 0 Å². The predicted octanol–water partition coefficient (Wildman–Crippen LogP) is 4.09. The van der Waals surface area contributed by atoms with Gasteiger partial charge in [-0.15, -0.1) is 0 Å². The number of rotatable bonds is 1. The van der Waals surface area contributed by atoms with Crippen molar-refractivity contribution < 1.29 is 4.79 Å². The Morgan fingerprint density at radius 1 is 1.47 bits per heavy atom. The first-order valence-corrected chi connectivity index (χ1v) is 5.66. The summed E-state index contributed by atoms with van der Waals surface area (Å²) < 4.78 is 0.803. The average Bonchev–Trinajstić information content (AvgIpc) is 2.51. The molecule has 2 rings (SSSR count). The molecule has 2 aromatic rings. The van der Waals surface area contributed by atoms with Crippen molar-refractivity contribution in [2.45, 2.75) is 13.8 Å². The van der Waals surface area contributed by atoms with Crippen molar-refractivity contribution >= 4 is 44.2 Å². The number of H-pyrrole nitrogens is 1. The molecule has 0 fully saturated rings. The van der Waals surface area contributed by atoms with E-state index in [0.29, 0.717) is 10.7 Å². The third-order valence-electron chi connectivity index (χ3n) is 2.48. The van der Waals surface area contributed by atoms with Crippen LogP contribution in [0.4, 0.5) is 0 Å². The zero-order chi connectivity index (χ0) is 11.2. The van der Waals surface area contributed by atoms with Crippen LogP contribution in [0.15, 0.2) is 16.6 Å². The van der Waals surface area contributed by atoms with E-state index >= 15 is 0 Å². The van der Waals surface area contributed by atoms with Gasteiger partial charge in [0.1, 0.15) is 0 Å². The normalized spacial score (nSPS) is 10.9. The summed E-state index contributed by atoms with van der Waals surface area (Å²) >= 11 is 9.38. The van der Waals surface area contributed by atoms with Crippen LogP contribution in [0.25, 0.3) is 10.9 Å². The minimum Gasteiger partial charge on any atom is -0.351 e. The molecule has 0 radical (unpaired) electrons. The van der Waals surface area contributed by atoms with Gasteiger partial charge in [-0.25, -0.2) is 0 Å². The van der Waals surface area contributed by atoms with Crippen molar-refractivity contribution in [1.29, 1.82) is 0 Å². The fourth-order valence-electron chi connectivity index (χ4n) is 1.69. The first kappa shape index (κ1) is 10.7. The van der Waals surface area contributed by atoms with Gasteiger partial charge in [0.05, 0.1) is 20.7 Å². The Balaban J connectivity index is 2.88. The number of ketones is 1. The maximum Gasteiger partial charge on any atom is 0.176 e. The smallest absolute Gasteiger partial charge is 0.176 e. The molecule has 0 amide bonds. The number of carbonyl (C=O) groups is 1. The topological polar surface area (TPSA) is 32.9 Å². The minimum absolute atomic E-state index is 0.0340. The van der Waals surface area contributed by atoms with Gasteiger partial charge < -0.3 is 4.98 Å². The number of Topliss-reactive ketones (excluding diaryl/α,β-unsaturated/α-hetero) is 1. The minimum atomic E-state index is 0.0340. The van der Waals surface area contributed by atoms with Gasteiger partial charge in [0.25, 0.3) is 0 Å². The summed E-state index contributed by atoms with van der Waals surface area (Å²) in [7, 11) is 0. The van der Waals surface area contributed by atoms with Crippen molar-refractivity contribution in [1.82, 2.24) is 4.98 Å². The van der Waals surface area contributed by atoms with Gasteiger partial charge in [-0.2, -0.15) is 0 Å². The molecule has 2 nitrogen and oxygen atoms in total. The highest BCUT2D eigenvalue weighted by atomic mass is 79.9. The monoisotopic (exact) mass is 285 g/mol. The van der Waals surface area contributed by atoms with E-state index in [1.54, 1.807) is 6.92 Å². The van der Waals surface area contributed by atoms with Gasteiger partial charge in [-0.05, 0) is 34.5 Å². The van der Waals surface area contributed by atoms with Crippen LogP contribution in [-0.2, 0) is 0 Å². The Kier molecular flexibility index (Phi) is 2.61. The zero-order valence-electron chi connectivity index (χ0n) is 8.32. The lowest BCUT2D eigenvalue weighted by Gasteiger charge is -1.97. The van der Waals surface area contributed by atoms with Crippen LogP contribution in [0, 0.1) is 6.92 Å². The van der Waals surface area contributed by atoms with E-state index in [-0.39, 0.29) is 5.78 Å². The molecule has 0 aliphatic carbocycles. The molecular formula is C11H9BrClNO. The molecule has 0 saturated carbocycles. The standard InChI is InChI=1S/C11H9BrClNO/c1-5-7-3-4-8(13)9(12)11(7)14-10(5)6(2)15/h3-4,14H,1-2H3. The highest BCUT2D eigenvalue weighted by Crippen LogP contribution is 2.33. The summed E-state index contributed by atoms with van der Waals surface area (Å²) in [5.74, 6) is 0.0340. The van der Waals surface area contributed by atoms with E-state index in [1.807, 2.05) is 19.1 Å². The van der Waals surface area contributed by atoms with Crippen LogP contribution >= 0.6 is 27.5 Å². The second kappa shape index (κ2) is 3.65. The summed E-state index contributed by atoms with van der Waals surface area (Å²) in [6.45, 7) is 3.48. The van der Waals surface area contributed by atoms with Crippen molar-refractivity contribution in [2.24, 2.45) is 0 Å². The molecule has 0 unspecified atom stereocenters. The third-order valence-corrected chi connectivity index (χ3v) is 3.84. The highest BCUT2D eigenvalue weighted by molar-refractivity contribution is 9.10. The predicted molar refractivity (Wildman–Crippen MR) is 65.8 cm³/mol. The molecule has 1 heterocycles. The Hall–Kier alpha value is -0.800. The fourth-order valence-corrected chi connectivity index (χ4v) is 2.29. The number of aryl methyl sites for hydroxylation is 1. The van der Waals surface area contributed by atoms with E-state index < -0.39 is 0 Å². The van der Waals surface area contributed by atoms with E-state index in [0.717, 1.165) is 20.9 Å². The molecule has 1 aromatic heterocycles. The van der Waals surface area contributed by atoms with Crippen LogP contribution < -0.4 is 0 Å². The van der Waals surface area contributed by atoms with Crippen molar-refractivity contribution in [3.05, 3.63) is 32.9 Å². The molecule has 0 aliphatic rings. The zero-order valence-corrected chi connectivity index (χ0v) is 10.7. The number of benzene rings is 1. The molecule has 0 aliphatic heterocycles. The first-order chi connectivity index (χ1) is 7.02. The molecular weight excluding hydrogens is 277 g/mol. The van der Waals surface area contributed by atoms with E-state index in [9.17, 15) is 4.79 Å². The lowest BCUT2D eigenvalue weighted by molar-refractivity contribution is 0.101. The van der Waals surface area contributed by atoms with Crippen molar-refractivity contribution in [2.75, 3.05) is 0 Å². The van der Waals surface area contributed by atoms with Crippen LogP contribution in [0.5, 0.6) is 0 Å². The summed E-state index contributed by atoms with van der Waals surface area (Å²) in [6, 6.07) is 3.74. The molecule has 0 atom stereocenters. The maximum absolute atomic E-state index is 11.4. The SMILES string of the molecule is CC(=O)c1[nH]c2c(Br)c(Cl)ccc2c1C.